The maximum absolute atomic E-state index is 13.6. The van der Waals surface area contributed by atoms with Gasteiger partial charge in [-0.15, -0.1) is 0 Å². The summed E-state index contributed by atoms with van der Waals surface area (Å²) in [5.41, 5.74) is 2.38. The lowest BCUT2D eigenvalue weighted by Gasteiger charge is -2.22. The third-order valence-electron chi connectivity index (χ3n) is 5.69. The molecular weight excluding hydrogens is 450 g/mol. The van der Waals surface area contributed by atoms with E-state index >= 15 is 0 Å². The van der Waals surface area contributed by atoms with Crippen LogP contribution >= 0.6 is 11.6 Å². The molecule has 0 saturated carbocycles. The van der Waals surface area contributed by atoms with E-state index < -0.39 is 11.6 Å². The standard InChI is InChI=1S/C25H19ClF2N2O3/c26-17-5-7-18(8-6-17)32-14-24(31)30-11-1-2-22(30)25-29-21-13-16(4-10-23(21)33-25)15-3-9-19(27)20(28)12-15/h3-10,12-13,22H,1-2,11,14H2. The van der Waals surface area contributed by atoms with Crippen molar-refractivity contribution in [1.29, 1.82) is 0 Å². The zero-order valence-corrected chi connectivity index (χ0v) is 18.2. The van der Waals surface area contributed by atoms with E-state index in [0.717, 1.165) is 25.0 Å². The summed E-state index contributed by atoms with van der Waals surface area (Å²) in [5.74, 6) is -0.943. The van der Waals surface area contributed by atoms with Crippen molar-refractivity contribution in [3.63, 3.8) is 0 Å². The molecule has 1 fully saturated rings. The smallest absolute Gasteiger partial charge is 0.261 e. The lowest BCUT2D eigenvalue weighted by atomic mass is 10.1. The minimum absolute atomic E-state index is 0.0986. The van der Waals surface area contributed by atoms with Crippen molar-refractivity contribution < 1.29 is 22.7 Å². The maximum Gasteiger partial charge on any atom is 0.261 e. The molecule has 1 unspecified atom stereocenters. The first-order valence-electron chi connectivity index (χ1n) is 10.5. The number of benzene rings is 3. The number of nitrogens with zero attached hydrogens (tertiary/aromatic N) is 2. The van der Waals surface area contributed by atoms with Gasteiger partial charge in [0.15, 0.2) is 23.8 Å². The molecule has 1 atom stereocenters. The van der Waals surface area contributed by atoms with Crippen molar-refractivity contribution in [3.05, 3.63) is 83.2 Å². The summed E-state index contributed by atoms with van der Waals surface area (Å²) in [4.78, 5) is 19.1. The highest BCUT2D eigenvalue weighted by atomic mass is 35.5. The van der Waals surface area contributed by atoms with Gasteiger partial charge in [-0.1, -0.05) is 23.7 Å². The molecule has 1 aliphatic rings. The van der Waals surface area contributed by atoms with Crippen LogP contribution in [0, 0.1) is 11.6 Å². The molecule has 2 heterocycles. The lowest BCUT2D eigenvalue weighted by molar-refractivity contribution is -0.134. The molecule has 0 bridgehead atoms. The Labute approximate surface area is 193 Å². The van der Waals surface area contributed by atoms with Crippen LogP contribution in [0.4, 0.5) is 8.78 Å². The number of hydrogen-bond donors (Lipinski definition) is 0. The van der Waals surface area contributed by atoms with Crippen molar-refractivity contribution in [3.8, 4) is 16.9 Å². The first-order chi connectivity index (χ1) is 16.0. The molecule has 5 nitrogen and oxygen atoms in total. The van der Waals surface area contributed by atoms with Crippen LogP contribution in [-0.2, 0) is 4.79 Å². The zero-order valence-electron chi connectivity index (χ0n) is 17.4. The van der Waals surface area contributed by atoms with Gasteiger partial charge in [0.25, 0.3) is 5.91 Å². The average molecular weight is 469 g/mol. The van der Waals surface area contributed by atoms with Gasteiger partial charge in [0.2, 0.25) is 5.89 Å². The second-order valence-electron chi connectivity index (χ2n) is 7.85. The summed E-state index contributed by atoms with van der Waals surface area (Å²) in [5, 5.41) is 0.594. The van der Waals surface area contributed by atoms with Crippen LogP contribution in [0.1, 0.15) is 24.8 Å². The number of hydrogen-bond acceptors (Lipinski definition) is 4. The highest BCUT2D eigenvalue weighted by Gasteiger charge is 2.33. The van der Waals surface area contributed by atoms with Gasteiger partial charge in [0.05, 0.1) is 0 Å². The van der Waals surface area contributed by atoms with E-state index in [1.54, 1.807) is 47.4 Å². The second-order valence-corrected chi connectivity index (χ2v) is 8.29. The molecule has 1 aromatic heterocycles. The molecule has 1 aliphatic heterocycles. The summed E-state index contributed by atoms with van der Waals surface area (Å²) < 4.78 is 38.4. The Morgan fingerprint density at radius 2 is 1.82 bits per heavy atom. The number of carbonyl (C=O) groups is 1. The molecule has 0 N–H and O–H groups in total. The first kappa shape index (κ1) is 21.4. The highest BCUT2D eigenvalue weighted by Crippen LogP contribution is 2.34. The van der Waals surface area contributed by atoms with E-state index in [0.29, 0.717) is 45.4 Å². The summed E-state index contributed by atoms with van der Waals surface area (Å²) in [7, 11) is 0. The van der Waals surface area contributed by atoms with Crippen LogP contribution in [0.2, 0.25) is 5.02 Å². The van der Waals surface area contributed by atoms with Crippen LogP contribution in [0.3, 0.4) is 0 Å². The van der Waals surface area contributed by atoms with Gasteiger partial charge in [-0.2, -0.15) is 0 Å². The van der Waals surface area contributed by atoms with E-state index in [1.165, 1.54) is 6.07 Å². The predicted molar refractivity (Wildman–Crippen MR) is 120 cm³/mol. The molecule has 33 heavy (non-hydrogen) atoms. The molecule has 5 rings (SSSR count). The van der Waals surface area contributed by atoms with E-state index in [4.69, 9.17) is 20.8 Å². The van der Waals surface area contributed by atoms with Gasteiger partial charge in [-0.05, 0) is 72.5 Å². The van der Waals surface area contributed by atoms with E-state index in [-0.39, 0.29) is 18.6 Å². The Balaban J connectivity index is 1.34. The number of carbonyl (C=O) groups excluding carboxylic acids is 1. The maximum atomic E-state index is 13.6. The Morgan fingerprint density at radius 3 is 2.61 bits per heavy atom. The highest BCUT2D eigenvalue weighted by molar-refractivity contribution is 6.30. The number of likely N-dealkylation sites (tertiary alicyclic amines) is 1. The number of amides is 1. The third-order valence-corrected chi connectivity index (χ3v) is 5.94. The van der Waals surface area contributed by atoms with Crippen molar-refractivity contribution in [2.24, 2.45) is 0 Å². The predicted octanol–water partition coefficient (Wildman–Crippen LogP) is 6.17. The van der Waals surface area contributed by atoms with Crippen molar-refractivity contribution in [1.82, 2.24) is 9.88 Å². The number of rotatable bonds is 5. The molecule has 0 spiro atoms. The Kier molecular flexibility index (Phi) is 5.72. The lowest BCUT2D eigenvalue weighted by Crippen LogP contribution is -2.34. The minimum atomic E-state index is -0.908. The van der Waals surface area contributed by atoms with Crippen molar-refractivity contribution in [2.45, 2.75) is 18.9 Å². The monoisotopic (exact) mass is 468 g/mol. The SMILES string of the molecule is O=C(COc1ccc(Cl)cc1)N1CCCC1c1nc2cc(-c3ccc(F)c(F)c3)ccc2o1. The Bertz CT molecular complexity index is 1320. The summed E-state index contributed by atoms with van der Waals surface area (Å²) in [6.45, 7) is 0.491. The molecule has 8 heteroatoms. The van der Waals surface area contributed by atoms with Crippen LogP contribution < -0.4 is 4.74 Å². The van der Waals surface area contributed by atoms with Crippen molar-refractivity contribution >= 4 is 28.6 Å². The van der Waals surface area contributed by atoms with Gasteiger partial charge in [-0.3, -0.25) is 4.79 Å². The molecule has 3 aromatic carbocycles. The number of ether oxygens (including phenoxy) is 1. The molecular formula is C25H19ClF2N2O3. The minimum Gasteiger partial charge on any atom is -0.484 e. The third kappa shape index (κ3) is 4.41. The molecule has 0 aliphatic carbocycles. The quantitative estimate of drug-likeness (QED) is 0.351. The van der Waals surface area contributed by atoms with Crippen molar-refractivity contribution in [2.75, 3.05) is 13.2 Å². The fraction of sp³-hybridized carbons (Fsp3) is 0.200. The Morgan fingerprint density at radius 1 is 1.06 bits per heavy atom. The summed E-state index contributed by atoms with van der Waals surface area (Å²) in [6, 6.07) is 15.6. The number of halogens is 3. The van der Waals surface area contributed by atoms with Crippen LogP contribution in [0.5, 0.6) is 5.75 Å². The second kappa shape index (κ2) is 8.83. The fourth-order valence-corrected chi connectivity index (χ4v) is 4.15. The molecule has 0 radical (unpaired) electrons. The first-order valence-corrected chi connectivity index (χ1v) is 10.9. The molecule has 1 saturated heterocycles. The Hall–Kier alpha value is -3.45. The summed E-state index contributed by atoms with van der Waals surface area (Å²) in [6.07, 6.45) is 1.56. The zero-order chi connectivity index (χ0) is 22.9. The number of fused-ring (bicyclic) bond motifs is 1. The average Bonchev–Trinajstić information content (AvgIpc) is 3.47. The van der Waals surface area contributed by atoms with Crippen LogP contribution in [-0.4, -0.2) is 28.9 Å². The topological polar surface area (TPSA) is 55.6 Å². The van der Waals surface area contributed by atoms with Gasteiger partial charge < -0.3 is 14.1 Å². The van der Waals surface area contributed by atoms with Crippen LogP contribution in [0.15, 0.2) is 65.1 Å². The summed E-state index contributed by atoms with van der Waals surface area (Å²) >= 11 is 5.88. The molecule has 1 amide bonds. The van der Waals surface area contributed by atoms with E-state index in [2.05, 4.69) is 4.98 Å². The normalized spacial score (nSPS) is 15.8. The number of oxazole rings is 1. The molecule has 168 valence electrons. The van der Waals surface area contributed by atoms with Gasteiger partial charge in [0.1, 0.15) is 17.3 Å². The van der Waals surface area contributed by atoms with Crippen LogP contribution in [0.25, 0.3) is 22.2 Å². The van der Waals surface area contributed by atoms with Gasteiger partial charge in [-0.25, -0.2) is 13.8 Å². The van der Waals surface area contributed by atoms with Gasteiger partial charge >= 0.3 is 0 Å². The van der Waals surface area contributed by atoms with Gasteiger partial charge in [0, 0.05) is 11.6 Å². The fourth-order valence-electron chi connectivity index (χ4n) is 4.02. The number of aromatic nitrogens is 1. The van der Waals surface area contributed by atoms with E-state index in [1.807, 2.05) is 0 Å². The van der Waals surface area contributed by atoms with E-state index in [9.17, 15) is 13.6 Å². The molecule has 4 aromatic rings. The largest absolute Gasteiger partial charge is 0.484 e.